The number of H-pyrrole nitrogens is 1. The van der Waals surface area contributed by atoms with Crippen LogP contribution in [0.4, 0.5) is 0 Å². The van der Waals surface area contributed by atoms with Gasteiger partial charge in [-0.2, -0.15) is 4.31 Å². The molecule has 0 aliphatic rings. The van der Waals surface area contributed by atoms with Gasteiger partial charge in [0.2, 0.25) is 10.0 Å². The summed E-state index contributed by atoms with van der Waals surface area (Å²) in [4.78, 5) is 7.55. The lowest BCUT2D eigenvalue weighted by atomic mass is 10.3. The van der Waals surface area contributed by atoms with Gasteiger partial charge in [-0.15, -0.1) is 0 Å². The molecule has 132 valence electrons. The van der Waals surface area contributed by atoms with E-state index in [0.717, 1.165) is 17.3 Å². The molecule has 0 atom stereocenters. The number of nitrogens with one attached hydrogen (secondary N) is 1. The number of aromatic nitrogens is 2. The van der Waals surface area contributed by atoms with Gasteiger partial charge in [-0.05, 0) is 36.4 Å². The molecule has 0 fully saturated rings. The second-order valence-corrected chi connectivity index (χ2v) is 9.77. The Labute approximate surface area is 146 Å². The zero-order valence-corrected chi connectivity index (χ0v) is 15.3. The van der Waals surface area contributed by atoms with Crippen LogP contribution in [0, 0.1) is 0 Å². The number of fused-ring (bicyclic) bond motifs is 1. The minimum Gasteiger partial charge on any atom is -0.341 e. The molecule has 0 aliphatic heterocycles. The molecular formula is C16H17N3O4S2. The van der Waals surface area contributed by atoms with Crippen LogP contribution in [0.3, 0.4) is 0 Å². The molecule has 9 heteroatoms. The molecule has 0 saturated carbocycles. The molecule has 0 spiro atoms. The van der Waals surface area contributed by atoms with Crippen LogP contribution in [-0.4, -0.2) is 44.4 Å². The second kappa shape index (κ2) is 6.25. The lowest BCUT2D eigenvalue weighted by Gasteiger charge is -2.16. The standard InChI is InChI=1S/C16H17N3O4S2/c1-19(11-16-17-14-5-3-4-6-15(14)18-16)25(22,23)13-9-7-12(8-10-13)24(2,20)21/h3-10H,11H2,1-2H3,(H,17,18). The lowest BCUT2D eigenvalue weighted by Crippen LogP contribution is -2.27. The van der Waals surface area contributed by atoms with Crippen molar-refractivity contribution in [1.29, 1.82) is 0 Å². The van der Waals surface area contributed by atoms with Crippen LogP contribution in [0.25, 0.3) is 11.0 Å². The molecule has 0 bridgehead atoms. The molecular weight excluding hydrogens is 362 g/mol. The Hall–Kier alpha value is -2.23. The molecule has 0 radical (unpaired) electrons. The molecule has 25 heavy (non-hydrogen) atoms. The van der Waals surface area contributed by atoms with Crippen molar-refractivity contribution in [1.82, 2.24) is 14.3 Å². The van der Waals surface area contributed by atoms with Crippen LogP contribution < -0.4 is 0 Å². The molecule has 0 unspecified atom stereocenters. The first-order valence-electron chi connectivity index (χ1n) is 7.38. The van der Waals surface area contributed by atoms with Gasteiger partial charge in [0.1, 0.15) is 5.82 Å². The molecule has 1 aromatic heterocycles. The third-order valence-corrected chi connectivity index (χ3v) is 6.72. The highest BCUT2D eigenvalue weighted by atomic mass is 32.2. The molecule has 0 saturated heterocycles. The fourth-order valence-electron chi connectivity index (χ4n) is 2.42. The van der Waals surface area contributed by atoms with E-state index in [-0.39, 0.29) is 16.3 Å². The zero-order chi connectivity index (χ0) is 18.2. The van der Waals surface area contributed by atoms with Gasteiger partial charge < -0.3 is 4.98 Å². The monoisotopic (exact) mass is 379 g/mol. The van der Waals surface area contributed by atoms with Crippen LogP contribution in [0.15, 0.2) is 58.3 Å². The third kappa shape index (κ3) is 3.58. The summed E-state index contributed by atoms with van der Waals surface area (Å²) in [6.07, 6.45) is 1.07. The van der Waals surface area contributed by atoms with E-state index >= 15 is 0 Å². The minimum absolute atomic E-state index is 0.0264. The molecule has 1 N–H and O–H groups in total. The summed E-state index contributed by atoms with van der Waals surface area (Å²) in [5.74, 6) is 0.528. The first-order valence-corrected chi connectivity index (χ1v) is 10.7. The number of benzene rings is 2. The number of sulfonamides is 1. The van der Waals surface area contributed by atoms with Gasteiger partial charge in [0.15, 0.2) is 9.84 Å². The summed E-state index contributed by atoms with van der Waals surface area (Å²) >= 11 is 0. The van der Waals surface area contributed by atoms with E-state index in [1.165, 1.54) is 35.6 Å². The highest BCUT2D eigenvalue weighted by molar-refractivity contribution is 7.90. The van der Waals surface area contributed by atoms with Gasteiger partial charge >= 0.3 is 0 Å². The molecule has 1 heterocycles. The maximum absolute atomic E-state index is 12.6. The molecule has 0 aliphatic carbocycles. The van der Waals surface area contributed by atoms with Crippen molar-refractivity contribution >= 4 is 30.9 Å². The van der Waals surface area contributed by atoms with Crippen LogP contribution in [0.1, 0.15) is 5.82 Å². The van der Waals surface area contributed by atoms with E-state index < -0.39 is 19.9 Å². The predicted octanol–water partition coefficient (Wildman–Crippen LogP) is 1.79. The second-order valence-electron chi connectivity index (χ2n) is 5.71. The molecule has 2 aromatic carbocycles. The van der Waals surface area contributed by atoms with E-state index in [4.69, 9.17) is 0 Å². The number of imidazole rings is 1. The Balaban J connectivity index is 1.86. The normalized spacial score (nSPS) is 12.8. The topological polar surface area (TPSA) is 100 Å². The largest absolute Gasteiger partial charge is 0.341 e. The first kappa shape index (κ1) is 17.6. The summed E-state index contributed by atoms with van der Waals surface area (Å²) in [6.45, 7) is 0.0742. The Morgan fingerprint density at radius 2 is 1.56 bits per heavy atom. The van der Waals surface area contributed by atoms with Gasteiger partial charge in [0.25, 0.3) is 0 Å². The maximum atomic E-state index is 12.6. The Kier molecular flexibility index (Phi) is 4.40. The average molecular weight is 379 g/mol. The number of aromatic amines is 1. The molecule has 3 aromatic rings. The van der Waals surface area contributed by atoms with Crippen molar-refractivity contribution in [2.75, 3.05) is 13.3 Å². The summed E-state index contributed by atoms with van der Waals surface area (Å²) in [7, 11) is -5.68. The number of sulfone groups is 1. The van der Waals surface area contributed by atoms with E-state index in [1.54, 1.807) is 0 Å². The Morgan fingerprint density at radius 3 is 2.16 bits per heavy atom. The predicted molar refractivity (Wildman–Crippen MR) is 94.3 cm³/mol. The maximum Gasteiger partial charge on any atom is 0.243 e. The fraction of sp³-hybridized carbons (Fsp3) is 0.188. The van der Waals surface area contributed by atoms with Gasteiger partial charge in [0.05, 0.1) is 27.4 Å². The number of hydrogen-bond donors (Lipinski definition) is 1. The van der Waals surface area contributed by atoms with E-state index in [0.29, 0.717) is 5.82 Å². The van der Waals surface area contributed by atoms with E-state index in [9.17, 15) is 16.8 Å². The highest BCUT2D eigenvalue weighted by Crippen LogP contribution is 2.19. The third-order valence-electron chi connectivity index (χ3n) is 3.77. The van der Waals surface area contributed by atoms with Crippen molar-refractivity contribution in [3.05, 3.63) is 54.4 Å². The van der Waals surface area contributed by atoms with Crippen molar-refractivity contribution in [2.24, 2.45) is 0 Å². The van der Waals surface area contributed by atoms with E-state index in [1.807, 2.05) is 24.3 Å². The SMILES string of the molecule is CN(Cc1nc2ccccc2[nH]1)S(=O)(=O)c1ccc(S(C)(=O)=O)cc1. The highest BCUT2D eigenvalue weighted by Gasteiger charge is 2.22. The number of para-hydroxylation sites is 2. The summed E-state index contributed by atoms with van der Waals surface area (Å²) in [6, 6.07) is 12.6. The van der Waals surface area contributed by atoms with Gasteiger partial charge in [-0.25, -0.2) is 21.8 Å². The lowest BCUT2D eigenvalue weighted by molar-refractivity contribution is 0.458. The summed E-state index contributed by atoms with van der Waals surface area (Å²) < 4.78 is 49.4. The van der Waals surface area contributed by atoms with Crippen molar-refractivity contribution in [3.8, 4) is 0 Å². The number of nitrogens with zero attached hydrogens (tertiary/aromatic N) is 2. The fourth-order valence-corrected chi connectivity index (χ4v) is 4.18. The average Bonchev–Trinajstić information content (AvgIpc) is 2.96. The van der Waals surface area contributed by atoms with Crippen molar-refractivity contribution in [2.45, 2.75) is 16.3 Å². The van der Waals surface area contributed by atoms with Crippen molar-refractivity contribution < 1.29 is 16.8 Å². The number of rotatable bonds is 5. The smallest absolute Gasteiger partial charge is 0.243 e. The zero-order valence-electron chi connectivity index (χ0n) is 13.7. The van der Waals surface area contributed by atoms with Crippen LogP contribution in [0.5, 0.6) is 0 Å². The summed E-state index contributed by atoms with van der Waals surface area (Å²) in [5, 5.41) is 0. The quantitative estimate of drug-likeness (QED) is 0.728. The molecule has 0 amide bonds. The van der Waals surface area contributed by atoms with Crippen LogP contribution in [0.2, 0.25) is 0 Å². The minimum atomic E-state index is -3.76. The summed E-state index contributed by atoms with van der Waals surface area (Å²) in [5.41, 5.74) is 1.60. The van der Waals surface area contributed by atoms with Gasteiger partial charge in [-0.1, -0.05) is 12.1 Å². The van der Waals surface area contributed by atoms with Gasteiger partial charge in [-0.3, -0.25) is 0 Å². The molecule has 3 rings (SSSR count). The first-order chi connectivity index (χ1) is 11.7. The van der Waals surface area contributed by atoms with Crippen LogP contribution >= 0.6 is 0 Å². The number of hydrogen-bond acceptors (Lipinski definition) is 5. The van der Waals surface area contributed by atoms with Crippen LogP contribution in [-0.2, 0) is 26.4 Å². The van der Waals surface area contributed by atoms with Crippen molar-refractivity contribution in [3.63, 3.8) is 0 Å². The van der Waals surface area contributed by atoms with E-state index in [2.05, 4.69) is 9.97 Å². The Bertz CT molecular complexity index is 1080. The molecule has 7 nitrogen and oxygen atoms in total. The van der Waals surface area contributed by atoms with Gasteiger partial charge in [0, 0.05) is 13.3 Å². The Morgan fingerprint density at radius 1 is 0.960 bits per heavy atom.